The van der Waals surface area contributed by atoms with Crippen molar-refractivity contribution in [1.29, 1.82) is 0 Å². The Labute approximate surface area is 119 Å². The summed E-state index contributed by atoms with van der Waals surface area (Å²) in [6.07, 6.45) is 0.754. The predicted octanol–water partition coefficient (Wildman–Crippen LogP) is 1.69. The lowest BCUT2D eigenvalue weighted by molar-refractivity contribution is 0.0934. The van der Waals surface area contributed by atoms with Crippen LogP contribution in [0.3, 0.4) is 0 Å². The molecule has 0 saturated heterocycles. The van der Waals surface area contributed by atoms with Crippen molar-refractivity contribution in [2.24, 2.45) is 0 Å². The minimum absolute atomic E-state index is 0.110. The smallest absolute Gasteiger partial charge is 0.179 e. The van der Waals surface area contributed by atoms with Crippen molar-refractivity contribution in [3.05, 3.63) is 23.8 Å². The summed E-state index contributed by atoms with van der Waals surface area (Å²) in [5.74, 6) is 0.923. The Balaban J connectivity index is 2.06. The molecule has 5 nitrogen and oxygen atoms in total. The molecule has 1 heterocycles. The van der Waals surface area contributed by atoms with Gasteiger partial charge in [-0.15, -0.1) is 0 Å². The zero-order chi connectivity index (χ0) is 14.4. The van der Waals surface area contributed by atoms with E-state index >= 15 is 0 Å². The maximum Gasteiger partial charge on any atom is 0.179 e. The summed E-state index contributed by atoms with van der Waals surface area (Å²) in [4.78, 5) is 12.5. The highest BCUT2D eigenvalue weighted by Crippen LogP contribution is 2.28. The number of fused-ring (bicyclic) bond motifs is 1. The number of carbonyl (C=O) groups is 1. The van der Waals surface area contributed by atoms with Crippen LogP contribution in [0.5, 0.6) is 5.75 Å². The van der Waals surface area contributed by atoms with E-state index in [9.17, 15) is 4.79 Å². The molecule has 1 aromatic rings. The molecule has 0 fully saturated rings. The summed E-state index contributed by atoms with van der Waals surface area (Å²) in [6.45, 7) is 4.71. The average molecular weight is 278 g/mol. The van der Waals surface area contributed by atoms with Gasteiger partial charge >= 0.3 is 0 Å². The molecule has 0 bridgehead atoms. The van der Waals surface area contributed by atoms with Crippen LogP contribution in [0, 0.1) is 0 Å². The van der Waals surface area contributed by atoms with Crippen LogP contribution in [-0.2, 0) is 4.74 Å². The number of hydrogen-bond acceptors (Lipinski definition) is 5. The van der Waals surface area contributed by atoms with Gasteiger partial charge in [0, 0.05) is 25.8 Å². The molecule has 0 aliphatic carbocycles. The number of Topliss-reactive ketones (excluding diaryl/α,β-unsaturated/α-hetero) is 1. The summed E-state index contributed by atoms with van der Waals surface area (Å²) in [6, 6.07) is 5.39. The number of anilines is 1. The summed E-state index contributed by atoms with van der Waals surface area (Å²) < 4.78 is 10.5. The number of benzene rings is 1. The van der Waals surface area contributed by atoms with Crippen LogP contribution >= 0.6 is 0 Å². The van der Waals surface area contributed by atoms with Crippen LogP contribution in [0.25, 0.3) is 0 Å². The van der Waals surface area contributed by atoms with E-state index in [0.29, 0.717) is 25.3 Å². The lowest BCUT2D eigenvalue weighted by Gasteiger charge is -2.21. The molecule has 20 heavy (non-hydrogen) atoms. The molecule has 1 unspecified atom stereocenters. The van der Waals surface area contributed by atoms with Gasteiger partial charge in [0.2, 0.25) is 0 Å². The molecule has 0 amide bonds. The quantitative estimate of drug-likeness (QED) is 0.587. The molecule has 5 heteroatoms. The van der Waals surface area contributed by atoms with Crippen LogP contribution in [0.1, 0.15) is 23.7 Å². The summed E-state index contributed by atoms with van der Waals surface area (Å²) in [5, 5.41) is 6.47. The van der Waals surface area contributed by atoms with E-state index < -0.39 is 0 Å². The zero-order valence-electron chi connectivity index (χ0n) is 12.1. The molecular formula is C15H22N2O3. The Kier molecular flexibility index (Phi) is 5.38. The number of methoxy groups -OCH3 is 1. The highest BCUT2D eigenvalue weighted by molar-refractivity contribution is 6.01. The van der Waals surface area contributed by atoms with E-state index in [1.165, 1.54) is 0 Å². The number of nitrogens with one attached hydrogen (secondary N) is 2. The lowest BCUT2D eigenvalue weighted by Crippen LogP contribution is -2.38. The van der Waals surface area contributed by atoms with E-state index in [0.717, 1.165) is 24.4 Å². The van der Waals surface area contributed by atoms with E-state index in [1.54, 1.807) is 7.11 Å². The van der Waals surface area contributed by atoms with Gasteiger partial charge in [-0.25, -0.2) is 0 Å². The highest BCUT2D eigenvalue weighted by atomic mass is 16.5. The maximum absolute atomic E-state index is 12.5. The van der Waals surface area contributed by atoms with Gasteiger partial charge in [-0.1, -0.05) is 6.92 Å². The van der Waals surface area contributed by atoms with Gasteiger partial charge in [0.25, 0.3) is 0 Å². The number of hydrogen-bond donors (Lipinski definition) is 2. The molecule has 0 saturated carbocycles. The Morgan fingerprint density at radius 2 is 2.40 bits per heavy atom. The summed E-state index contributed by atoms with van der Waals surface area (Å²) in [7, 11) is 1.65. The van der Waals surface area contributed by atoms with Crippen LogP contribution in [0.15, 0.2) is 18.2 Å². The van der Waals surface area contributed by atoms with Crippen molar-refractivity contribution in [3.8, 4) is 5.75 Å². The second kappa shape index (κ2) is 7.26. The molecule has 0 aromatic heterocycles. The first-order valence-corrected chi connectivity index (χ1v) is 7.03. The van der Waals surface area contributed by atoms with Crippen molar-refractivity contribution in [1.82, 2.24) is 5.32 Å². The van der Waals surface area contributed by atoms with Gasteiger partial charge in [0.1, 0.15) is 12.4 Å². The fourth-order valence-corrected chi connectivity index (χ4v) is 2.25. The van der Waals surface area contributed by atoms with Gasteiger partial charge < -0.3 is 20.1 Å². The Morgan fingerprint density at radius 3 is 3.15 bits per heavy atom. The van der Waals surface area contributed by atoms with E-state index in [2.05, 4.69) is 10.6 Å². The third-order valence-electron chi connectivity index (χ3n) is 3.36. The maximum atomic E-state index is 12.5. The summed E-state index contributed by atoms with van der Waals surface area (Å²) >= 11 is 0. The normalized spacial score (nSPS) is 14.9. The van der Waals surface area contributed by atoms with Gasteiger partial charge in [0.15, 0.2) is 5.78 Å². The van der Waals surface area contributed by atoms with Gasteiger partial charge in [0.05, 0.1) is 18.3 Å². The third kappa shape index (κ3) is 3.49. The number of rotatable bonds is 7. The van der Waals surface area contributed by atoms with Crippen LogP contribution in [0.2, 0.25) is 0 Å². The fraction of sp³-hybridized carbons (Fsp3) is 0.533. The number of carbonyl (C=O) groups excluding carboxylic acids is 1. The van der Waals surface area contributed by atoms with Crippen molar-refractivity contribution >= 4 is 11.5 Å². The number of ketones is 1. The Hall–Kier alpha value is -1.59. The first kappa shape index (κ1) is 14.8. The topological polar surface area (TPSA) is 59.6 Å². The second-order valence-corrected chi connectivity index (χ2v) is 4.76. The highest BCUT2D eigenvalue weighted by Gasteiger charge is 2.19. The van der Waals surface area contributed by atoms with Crippen LogP contribution < -0.4 is 15.4 Å². The third-order valence-corrected chi connectivity index (χ3v) is 3.36. The van der Waals surface area contributed by atoms with E-state index in [1.807, 2.05) is 25.1 Å². The Morgan fingerprint density at radius 1 is 1.55 bits per heavy atom. The minimum Gasteiger partial charge on any atom is -0.490 e. The molecule has 0 radical (unpaired) electrons. The van der Waals surface area contributed by atoms with Gasteiger partial charge in [-0.3, -0.25) is 4.79 Å². The first-order chi connectivity index (χ1) is 9.76. The van der Waals surface area contributed by atoms with Crippen LogP contribution in [-0.4, -0.2) is 45.2 Å². The van der Waals surface area contributed by atoms with Crippen LogP contribution in [0.4, 0.5) is 5.69 Å². The van der Waals surface area contributed by atoms with Crippen molar-refractivity contribution < 1.29 is 14.3 Å². The predicted molar refractivity (Wildman–Crippen MR) is 78.7 cm³/mol. The molecule has 2 N–H and O–H groups in total. The SMILES string of the molecule is CCC(NCCOC)C(=O)c1ccc2c(c1)NCCO2. The molecule has 1 aliphatic rings. The van der Waals surface area contributed by atoms with Gasteiger partial charge in [-0.2, -0.15) is 0 Å². The molecule has 1 aromatic carbocycles. The molecule has 110 valence electrons. The molecule has 2 rings (SSSR count). The minimum atomic E-state index is -0.173. The molecular weight excluding hydrogens is 256 g/mol. The van der Waals surface area contributed by atoms with E-state index in [4.69, 9.17) is 9.47 Å². The molecule has 1 atom stereocenters. The molecule has 1 aliphatic heterocycles. The monoisotopic (exact) mass is 278 g/mol. The zero-order valence-corrected chi connectivity index (χ0v) is 12.1. The van der Waals surface area contributed by atoms with Crippen molar-refractivity contribution in [2.75, 3.05) is 38.7 Å². The fourth-order valence-electron chi connectivity index (χ4n) is 2.25. The van der Waals surface area contributed by atoms with E-state index in [-0.39, 0.29) is 11.8 Å². The summed E-state index contributed by atoms with van der Waals surface area (Å²) in [5.41, 5.74) is 1.60. The van der Waals surface area contributed by atoms with Gasteiger partial charge in [-0.05, 0) is 24.6 Å². The second-order valence-electron chi connectivity index (χ2n) is 4.76. The molecule has 0 spiro atoms. The standard InChI is InChI=1S/C15H22N2O3/c1-3-12(16-6-8-19-2)15(18)11-4-5-14-13(10-11)17-7-9-20-14/h4-5,10,12,16-17H,3,6-9H2,1-2H3. The number of ether oxygens (including phenoxy) is 2. The Bertz CT molecular complexity index is 462. The van der Waals surface area contributed by atoms with Crippen molar-refractivity contribution in [2.45, 2.75) is 19.4 Å². The average Bonchev–Trinajstić information content (AvgIpc) is 2.50. The largest absolute Gasteiger partial charge is 0.490 e. The van der Waals surface area contributed by atoms with Crippen molar-refractivity contribution in [3.63, 3.8) is 0 Å². The lowest BCUT2D eigenvalue weighted by atomic mass is 10.0. The first-order valence-electron chi connectivity index (χ1n) is 7.03.